The quantitative estimate of drug-likeness (QED) is 0.861. The Hall–Kier alpha value is -0.350. The highest BCUT2D eigenvalue weighted by molar-refractivity contribution is 9.10. The van der Waals surface area contributed by atoms with E-state index in [2.05, 4.69) is 26.2 Å². The zero-order valence-electron chi connectivity index (χ0n) is 8.06. The fraction of sp³-hybridized carbons (Fsp3) is 0.500. The molecule has 15 heavy (non-hydrogen) atoms. The van der Waals surface area contributed by atoms with Gasteiger partial charge in [0.25, 0.3) is 0 Å². The van der Waals surface area contributed by atoms with Gasteiger partial charge < -0.3 is 5.32 Å². The van der Waals surface area contributed by atoms with Crippen molar-refractivity contribution in [1.82, 2.24) is 4.98 Å². The summed E-state index contributed by atoms with van der Waals surface area (Å²) >= 11 is 8.99. The molecule has 5 heteroatoms. The van der Waals surface area contributed by atoms with E-state index in [-0.39, 0.29) is 11.2 Å². The molecule has 1 saturated carbocycles. The number of nitrogens with one attached hydrogen (secondary N) is 1. The van der Waals surface area contributed by atoms with Gasteiger partial charge in [-0.1, -0.05) is 0 Å². The van der Waals surface area contributed by atoms with Gasteiger partial charge in [0.2, 0.25) is 0 Å². The van der Waals surface area contributed by atoms with Crippen molar-refractivity contribution in [3.8, 4) is 0 Å². The van der Waals surface area contributed by atoms with E-state index in [1.54, 1.807) is 6.20 Å². The van der Waals surface area contributed by atoms with Crippen LogP contribution in [-0.4, -0.2) is 17.4 Å². The first-order valence-corrected chi connectivity index (χ1v) is 6.09. The number of nitrogens with zero attached hydrogens (tertiary/aromatic N) is 1. The third kappa shape index (κ3) is 2.61. The van der Waals surface area contributed by atoms with Gasteiger partial charge in [0.1, 0.15) is 0 Å². The van der Waals surface area contributed by atoms with E-state index < -0.39 is 0 Å². The number of aromatic nitrogens is 1. The maximum atomic E-state index is 13.4. The van der Waals surface area contributed by atoms with Crippen LogP contribution in [0.15, 0.2) is 16.7 Å². The van der Waals surface area contributed by atoms with E-state index in [1.165, 1.54) is 6.07 Å². The molecule has 0 spiro atoms. The van der Waals surface area contributed by atoms with Gasteiger partial charge in [-0.25, -0.2) is 9.37 Å². The minimum absolute atomic E-state index is 0.169. The smallest absolute Gasteiger partial charge is 0.166 e. The van der Waals surface area contributed by atoms with Crippen LogP contribution in [0.1, 0.15) is 12.8 Å². The van der Waals surface area contributed by atoms with E-state index in [0.29, 0.717) is 22.7 Å². The van der Waals surface area contributed by atoms with Gasteiger partial charge in [0.05, 0.1) is 0 Å². The second-order valence-corrected chi connectivity index (χ2v) is 5.15. The topological polar surface area (TPSA) is 24.9 Å². The van der Waals surface area contributed by atoms with Crippen LogP contribution in [0, 0.1) is 11.2 Å². The van der Waals surface area contributed by atoms with E-state index >= 15 is 0 Å². The monoisotopic (exact) mass is 292 g/mol. The third-order valence-corrected chi connectivity index (χ3v) is 3.68. The predicted molar refractivity (Wildman–Crippen MR) is 62.8 cm³/mol. The molecule has 1 heterocycles. The fourth-order valence-corrected chi connectivity index (χ4v) is 2.02. The Morgan fingerprint density at radius 2 is 2.33 bits per heavy atom. The molecule has 1 aromatic heterocycles. The van der Waals surface area contributed by atoms with Crippen LogP contribution in [-0.2, 0) is 0 Å². The summed E-state index contributed by atoms with van der Waals surface area (Å²) in [4.78, 5) is 3.97. The van der Waals surface area contributed by atoms with E-state index in [9.17, 15) is 4.39 Å². The Bertz CT molecular complexity index is 368. The standard InChI is InChI=1S/C10H11BrClFN2/c11-7-3-8(13)9(14-4-7)15-6-10(5-12)1-2-10/h3-4H,1-2,5-6H2,(H,14,15). The number of pyridine rings is 1. The van der Waals surface area contributed by atoms with E-state index in [0.717, 1.165) is 12.8 Å². The maximum Gasteiger partial charge on any atom is 0.166 e. The van der Waals surface area contributed by atoms with Crippen molar-refractivity contribution in [1.29, 1.82) is 0 Å². The summed E-state index contributed by atoms with van der Waals surface area (Å²) in [6.07, 6.45) is 3.80. The molecule has 1 N–H and O–H groups in total. The number of alkyl halides is 1. The van der Waals surface area contributed by atoms with Crippen molar-refractivity contribution < 1.29 is 4.39 Å². The zero-order valence-corrected chi connectivity index (χ0v) is 10.4. The number of halogens is 3. The lowest BCUT2D eigenvalue weighted by molar-refractivity contribution is 0.597. The molecule has 0 saturated heterocycles. The van der Waals surface area contributed by atoms with Gasteiger partial charge in [-0.2, -0.15) is 0 Å². The molecule has 0 radical (unpaired) electrons. The van der Waals surface area contributed by atoms with Crippen molar-refractivity contribution in [2.24, 2.45) is 5.41 Å². The summed E-state index contributed by atoms with van der Waals surface area (Å²) in [5.41, 5.74) is 0.169. The predicted octanol–water partition coefficient (Wildman–Crippen LogP) is 3.41. The Kier molecular flexibility index (Phi) is 3.16. The van der Waals surface area contributed by atoms with Crippen LogP contribution < -0.4 is 5.32 Å². The molecule has 1 aliphatic rings. The highest BCUT2D eigenvalue weighted by Crippen LogP contribution is 2.46. The molecular weight excluding hydrogens is 282 g/mol. The first-order chi connectivity index (χ1) is 7.15. The van der Waals surface area contributed by atoms with E-state index in [4.69, 9.17) is 11.6 Å². The Balaban J connectivity index is 1.99. The number of rotatable bonds is 4. The normalized spacial score (nSPS) is 17.5. The molecule has 0 amide bonds. The first-order valence-electron chi connectivity index (χ1n) is 4.76. The van der Waals surface area contributed by atoms with Crippen LogP contribution in [0.25, 0.3) is 0 Å². The van der Waals surface area contributed by atoms with E-state index in [1.807, 2.05) is 0 Å². The summed E-state index contributed by atoms with van der Waals surface area (Å²) < 4.78 is 14.0. The van der Waals surface area contributed by atoms with Crippen molar-refractivity contribution in [3.05, 3.63) is 22.6 Å². The van der Waals surface area contributed by atoms with Gasteiger partial charge in [-0.15, -0.1) is 11.6 Å². The van der Waals surface area contributed by atoms with Crippen LogP contribution >= 0.6 is 27.5 Å². The van der Waals surface area contributed by atoms with Crippen molar-refractivity contribution >= 4 is 33.3 Å². The van der Waals surface area contributed by atoms with Crippen LogP contribution in [0.5, 0.6) is 0 Å². The SMILES string of the molecule is Fc1cc(Br)cnc1NCC1(CCl)CC1. The second-order valence-electron chi connectivity index (χ2n) is 3.97. The minimum atomic E-state index is -0.338. The van der Waals surface area contributed by atoms with Crippen LogP contribution in [0.2, 0.25) is 0 Å². The average molecular weight is 294 g/mol. The summed E-state index contributed by atoms with van der Waals surface area (Å²) in [5, 5.41) is 3.00. The lowest BCUT2D eigenvalue weighted by Crippen LogP contribution is -2.18. The molecule has 1 aliphatic carbocycles. The number of hydrogen-bond acceptors (Lipinski definition) is 2. The van der Waals surface area contributed by atoms with Crippen LogP contribution in [0.3, 0.4) is 0 Å². The summed E-state index contributed by atoms with van der Waals surface area (Å²) in [7, 11) is 0. The Morgan fingerprint density at radius 3 is 2.87 bits per heavy atom. The Labute approximate surface area is 101 Å². The molecule has 2 rings (SSSR count). The van der Waals surface area contributed by atoms with Crippen LogP contribution in [0.4, 0.5) is 10.2 Å². The molecular formula is C10H11BrClFN2. The first kappa shape index (κ1) is 11.1. The van der Waals surface area contributed by atoms with Crippen molar-refractivity contribution in [3.63, 3.8) is 0 Å². The molecule has 2 nitrogen and oxygen atoms in total. The number of anilines is 1. The molecule has 82 valence electrons. The molecule has 0 unspecified atom stereocenters. The largest absolute Gasteiger partial charge is 0.367 e. The highest BCUT2D eigenvalue weighted by atomic mass is 79.9. The van der Waals surface area contributed by atoms with Gasteiger partial charge in [-0.3, -0.25) is 0 Å². The molecule has 0 bridgehead atoms. The minimum Gasteiger partial charge on any atom is -0.367 e. The molecule has 0 aromatic carbocycles. The molecule has 0 atom stereocenters. The lowest BCUT2D eigenvalue weighted by Gasteiger charge is -2.13. The average Bonchev–Trinajstić information content (AvgIpc) is 2.97. The van der Waals surface area contributed by atoms with Gasteiger partial charge in [0.15, 0.2) is 11.6 Å². The van der Waals surface area contributed by atoms with Gasteiger partial charge >= 0.3 is 0 Å². The maximum absolute atomic E-state index is 13.4. The molecule has 1 aromatic rings. The lowest BCUT2D eigenvalue weighted by atomic mass is 10.1. The summed E-state index contributed by atoms with van der Waals surface area (Å²) in [5.74, 6) is 0.586. The Morgan fingerprint density at radius 1 is 1.60 bits per heavy atom. The second kappa shape index (κ2) is 4.26. The van der Waals surface area contributed by atoms with Gasteiger partial charge in [0, 0.05) is 28.5 Å². The molecule has 1 fully saturated rings. The van der Waals surface area contributed by atoms with Gasteiger partial charge in [-0.05, 0) is 34.8 Å². The summed E-state index contributed by atoms with van der Waals surface area (Å²) in [6, 6.07) is 1.40. The third-order valence-electron chi connectivity index (χ3n) is 2.68. The highest BCUT2D eigenvalue weighted by Gasteiger charge is 2.41. The molecule has 0 aliphatic heterocycles. The number of hydrogen-bond donors (Lipinski definition) is 1. The fourth-order valence-electron chi connectivity index (χ4n) is 1.35. The zero-order chi connectivity index (χ0) is 10.9. The van der Waals surface area contributed by atoms with Crippen molar-refractivity contribution in [2.45, 2.75) is 12.8 Å². The summed E-state index contributed by atoms with van der Waals surface area (Å²) in [6.45, 7) is 0.696. The van der Waals surface area contributed by atoms with Crippen molar-refractivity contribution in [2.75, 3.05) is 17.7 Å².